The van der Waals surface area contributed by atoms with Crippen LogP contribution in [0.3, 0.4) is 0 Å². The lowest BCUT2D eigenvalue weighted by Crippen LogP contribution is -2.28. The van der Waals surface area contributed by atoms with E-state index in [2.05, 4.69) is 10.4 Å². The van der Waals surface area contributed by atoms with E-state index >= 15 is 0 Å². The molecule has 2 aliphatic carbocycles. The van der Waals surface area contributed by atoms with Crippen molar-refractivity contribution in [3.63, 3.8) is 0 Å². The van der Waals surface area contributed by atoms with Crippen molar-refractivity contribution in [3.05, 3.63) is 84.2 Å². The number of hydrogen-bond donors (Lipinski definition) is 1. The SMILES string of the molecule is O=C(COc1ccc2ccccc2c1C=NN1C(=O)C2C3C=CC(C3)C2C1=O)Nc1cccc(F)c1. The minimum absolute atomic E-state index is 0.102. The maximum Gasteiger partial charge on any atom is 0.262 e. The van der Waals surface area contributed by atoms with Crippen LogP contribution in [0.25, 0.3) is 10.8 Å². The zero-order valence-corrected chi connectivity index (χ0v) is 19.1. The van der Waals surface area contributed by atoms with Gasteiger partial charge in [0.1, 0.15) is 11.6 Å². The minimum Gasteiger partial charge on any atom is -0.483 e. The molecule has 3 amide bonds. The molecule has 6 rings (SSSR count). The monoisotopic (exact) mass is 483 g/mol. The third kappa shape index (κ3) is 3.75. The van der Waals surface area contributed by atoms with Crippen molar-refractivity contribution in [2.45, 2.75) is 6.42 Å². The summed E-state index contributed by atoms with van der Waals surface area (Å²) in [4.78, 5) is 38.4. The number of nitrogens with zero attached hydrogens (tertiary/aromatic N) is 2. The molecule has 1 aliphatic heterocycles. The van der Waals surface area contributed by atoms with E-state index in [1.54, 1.807) is 12.1 Å². The van der Waals surface area contributed by atoms with E-state index in [0.717, 1.165) is 22.2 Å². The zero-order chi connectivity index (χ0) is 24.8. The number of amides is 3. The second-order valence-electron chi connectivity index (χ2n) is 9.28. The highest BCUT2D eigenvalue weighted by Gasteiger charge is 2.59. The van der Waals surface area contributed by atoms with Gasteiger partial charge in [0.2, 0.25) is 0 Å². The van der Waals surface area contributed by atoms with Crippen LogP contribution in [0, 0.1) is 29.5 Å². The predicted octanol–water partition coefficient (Wildman–Crippen LogP) is 4.14. The number of halogens is 1. The average molecular weight is 483 g/mol. The summed E-state index contributed by atoms with van der Waals surface area (Å²) in [5.41, 5.74) is 0.870. The van der Waals surface area contributed by atoms with Crippen LogP contribution >= 0.6 is 0 Å². The second kappa shape index (κ2) is 8.71. The Hall–Kier alpha value is -4.33. The molecule has 3 aromatic carbocycles. The van der Waals surface area contributed by atoms with Crippen LogP contribution in [-0.2, 0) is 14.4 Å². The molecule has 4 atom stereocenters. The number of carbonyl (C=O) groups excluding carboxylic acids is 3. The molecule has 3 aromatic rings. The molecule has 0 spiro atoms. The number of fused-ring (bicyclic) bond motifs is 6. The van der Waals surface area contributed by atoms with Gasteiger partial charge in [-0.1, -0.05) is 48.6 Å². The molecule has 1 saturated carbocycles. The molecule has 7 nitrogen and oxygen atoms in total. The quantitative estimate of drug-likeness (QED) is 0.324. The molecule has 8 heteroatoms. The number of hydrazone groups is 1. The van der Waals surface area contributed by atoms with E-state index in [9.17, 15) is 18.8 Å². The highest BCUT2D eigenvalue weighted by atomic mass is 19.1. The van der Waals surface area contributed by atoms with Gasteiger partial charge in [-0.25, -0.2) is 4.39 Å². The van der Waals surface area contributed by atoms with Crippen molar-refractivity contribution in [2.24, 2.45) is 28.8 Å². The molecular formula is C28H22FN3O4. The van der Waals surface area contributed by atoms with Gasteiger partial charge in [-0.15, -0.1) is 0 Å². The van der Waals surface area contributed by atoms with Crippen LogP contribution in [0.2, 0.25) is 0 Å². The average Bonchev–Trinajstić information content (AvgIpc) is 3.56. The standard InChI is InChI=1S/C28H22FN3O4/c29-19-5-3-6-20(13-19)31-24(33)15-36-23-11-10-16-4-1-2-7-21(16)22(23)14-30-32-27(34)25-17-8-9-18(12-17)26(25)28(32)35/h1-11,13-14,17-18,25-26H,12,15H2,(H,31,33). The predicted molar refractivity (Wildman–Crippen MR) is 132 cm³/mol. The molecule has 36 heavy (non-hydrogen) atoms. The molecular weight excluding hydrogens is 461 g/mol. The van der Waals surface area contributed by atoms with Gasteiger partial charge in [0.25, 0.3) is 17.7 Å². The largest absolute Gasteiger partial charge is 0.483 e. The normalized spacial score (nSPS) is 24.2. The lowest BCUT2D eigenvalue weighted by atomic mass is 9.85. The fraction of sp³-hybridized carbons (Fsp3) is 0.214. The van der Waals surface area contributed by atoms with Crippen molar-refractivity contribution >= 4 is 40.4 Å². The Labute approximate surface area is 206 Å². The van der Waals surface area contributed by atoms with Crippen LogP contribution in [-0.4, -0.2) is 35.6 Å². The van der Waals surface area contributed by atoms with Gasteiger partial charge < -0.3 is 10.1 Å². The van der Waals surface area contributed by atoms with Gasteiger partial charge in [0.05, 0.1) is 18.1 Å². The van der Waals surface area contributed by atoms with Crippen molar-refractivity contribution in [1.82, 2.24) is 5.01 Å². The number of imide groups is 1. The fourth-order valence-electron chi connectivity index (χ4n) is 5.56. The highest BCUT2D eigenvalue weighted by Crippen LogP contribution is 2.52. The first-order valence-electron chi connectivity index (χ1n) is 11.8. The minimum atomic E-state index is -0.461. The van der Waals surface area contributed by atoms with Gasteiger partial charge in [0.15, 0.2) is 6.61 Å². The number of nitrogens with one attached hydrogen (secondary N) is 1. The molecule has 0 aromatic heterocycles. The Balaban J connectivity index is 1.25. The Bertz CT molecular complexity index is 1440. The van der Waals surface area contributed by atoms with Gasteiger partial charge in [0, 0.05) is 11.3 Å². The van der Waals surface area contributed by atoms with E-state index in [0.29, 0.717) is 17.0 Å². The summed E-state index contributed by atoms with van der Waals surface area (Å²) in [6, 6.07) is 16.7. The summed E-state index contributed by atoms with van der Waals surface area (Å²) in [7, 11) is 0. The summed E-state index contributed by atoms with van der Waals surface area (Å²) >= 11 is 0. The Morgan fingerprint density at radius 3 is 2.53 bits per heavy atom. The third-order valence-corrected chi connectivity index (χ3v) is 7.15. The summed E-state index contributed by atoms with van der Waals surface area (Å²) in [6.45, 7) is -0.323. The van der Waals surface area contributed by atoms with Gasteiger partial charge in [-0.2, -0.15) is 10.1 Å². The molecule has 2 fully saturated rings. The van der Waals surface area contributed by atoms with Crippen LogP contribution in [0.1, 0.15) is 12.0 Å². The molecule has 1 saturated heterocycles. The number of hydrogen-bond acceptors (Lipinski definition) is 5. The molecule has 1 heterocycles. The van der Waals surface area contributed by atoms with Gasteiger partial charge >= 0.3 is 0 Å². The lowest BCUT2D eigenvalue weighted by Gasteiger charge is -2.14. The van der Waals surface area contributed by atoms with Crippen LogP contribution < -0.4 is 10.1 Å². The molecule has 4 unspecified atom stereocenters. The first-order valence-corrected chi connectivity index (χ1v) is 11.8. The summed E-state index contributed by atoms with van der Waals surface area (Å²) in [5.74, 6) is -1.55. The Kier molecular flexibility index (Phi) is 5.36. The Morgan fingerprint density at radius 1 is 1.03 bits per heavy atom. The van der Waals surface area contributed by atoms with Crippen molar-refractivity contribution in [3.8, 4) is 5.75 Å². The van der Waals surface area contributed by atoms with E-state index < -0.39 is 11.7 Å². The van der Waals surface area contributed by atoms with Crippen LogP contribution in [0.4, 0.5) is 10.1 Å². The van der Waals surface area contributed by atoms with E-state index in [1.165, 1.54) is 24.4 Å². The number of carbonyl (C=O) groups is 3. The maximum absolute atomic E-state index is 13.4. The molecule has 180 valence electrons. The van der Waals surface area contributed by atoms with Crippen molar-refractivity contribution < 1.29 is 23.5 Å². The number of allylic oxidation sites excluding steroid dienone is 2. The van der Waals surface area contributed by atoms with Crippen LogP contribution in [0.15, 0.2) is 77.9 Å². The van der Waals surface area contributed by atoms with Gasteiger partial charge in [-0.3, -0.25) is 14.4 Å². The molecule has 0 radical (unpaired) electrons. The smallest absolute Gasteiger partial charge is 0.262 e. The van der Waals surface area contributed by atoms with Crippen molar-refractivity contribution in [2.75, 3.05) is 11.9 Å². The lowest BCUT2D eigenvalue weighted by molar-refractivity contribution is -0.140. The zero-order valence-electron chi connectivity index (χ0n) is 19.1. The summed E-state index contributed by atoms with van der Waals surface area (Å²) < 4.78 is 19.2. The number of rotatable bonds is 6. The van der Waals surface area contributed by atoms with Crippen molar-refractivity contribution in [1.29, 1.82) is 0 Å². The maximum atomic E-state index is 13.4. The summed E-state index contributed by atoms with van der Waals surface area (Å²) in [5, 5.41) is 9.60. The van der Waals surface area contributed by atoms with E-state index in [1.807, 2.05) is 42.5 Å². The molecule has 1 N–H and O–H groups in total. The second-order valence-corrected chi connectivity index (χ2v) is 9.28. The summed E-state index contributed by atoms with van der Waals surface area (Å²) in [6.07, 6.45) is 6.38. The number of ether oxygens (including phenoxy) is 1. The fourth-order valence-corrected chi connectivity index (χ4v) is 5.56. The number of anilines is 1. The molecule has 2 bridgehead atoms. The van der Waals surface area contributed by atoms with E-state index in [-0.39, 0.29) is 42.1 Å². The van der Waals surface area contributed by atoms with Gasteiger partial charge in [-0.05, 0) is 53.3 Å². The first-order chi connectivity index (χ1) is 17.5. The third-order valence-electron chi connectivity index (χ3n) is 7.15. The number of benzene rings is 3. The van der Waals surface area contributed by atoms with E-state index in [4.69, 9.17) is 4.74 Å². The highest BCUT2D eigenvalue weighted by molar-refractivity contribution is 6.08. The molecule has 3 aliphatic rings. The van der Waals surface area contributed by atoms with Crippen LogP contribution in [0.5, 0.6) is 5.75 Å². The Morgan fingerprint density at radius 2 is 1.78 bits per heavy atom. The first kappa shape index (κ1) is 22.2. The topological polar surface area (TPSA) is 88.1 Å².